The average Bonchev–Trinajstić information content (AvgIpc) is 2.76. The number of para-hydroxylation sites is 1. The van der Waals surface area contributed by atoms with Gasteiger partial charge in [0.1, 0.15) is 12.4 Å². The van der Waals surface area contributed by atoms with Crippen molar-refractivity contribution in [3.05, 3.63) is 58.7 Å². The van der Waals surface area contributed by atoms with E-state index in [1.807, 2.05) is 64.1 Å². The molecule has 0 atom stereocenters. The lowest BCUT2D eigenvalue weighted by atomic mass is 9.97. The van der Waals surface area contributed by atoms with E-state index in [-0.39, 0.29) is 11.8 Å². The summed E-state index contributed by atoms with van der Waals surface area (Å²) in [7, 11) is -3.59. The van der Waals surface area contributed by atoms with Crippen LogP contribution >= 0.6 is 0 Å². The van der Waals surface area contributed by atoms with Crippen LogP contribution in [0.25, 0.3) is 0 Å². The lowest BCUT2D eigenvalue weighted by Gasteiger charge is -2.31. The first-order valence-electron chi connectivity index (χ1n) is 10.7. The van der Waals surface area contributed by atoms with Crippen LogP contribution in [0, 0.1) is 33.6 Å². The second kappa shape index (κ2) is 9.83. The third-order valence-electron chi connectivity index (χ3n) is 6.13. The van der Waals surface area contributed by atoms with Gasteiger partial charge in [-0.05, 0) is 74.9 Å². The number of nitrogens with zero attached hydrogens (tertiary/aromatic N) is 1. The van der Waals surface area contributed by atoms with Gasteiger partial charge in [0.25, 0.3) is 0 Å². The van der Waals surface area contributed by atoms with Crippen LogP contribution in [0.2, 0.25) is 0 Å². The Hall–Kier alpha value is -2.38. The smallest absolute Gasteiger partial charge is 0.243 e. The number of hydrogen-bond acceptors (Lipinski definition) is 4. The maximum Gasteiger partial charge on any atom is 0.243 e. The van der Waals surface area contributed by atoms with Gasteiger partial charge >= 0.3 is 0 Å². The topological polar surface area (TPSA) is 75.7 Å². The first kappa shape index (κ1) is 23.3. The van der Waals surface area contributed by atoms with Crippen molar-refractivity contribution in [2.75, 3.05) is 26.2 Å². The van der Waals surface area contributed by atoms with Gasteiger partial charge in [0.05, 0.1) is 11.4 Å². The molecule has 3 rings (SSSR count). The molecule has 0 saturated carbocycles. The second-order valence-corrected chi connectivity index (χ2v) is 10.1. The molecular weight excluding hydrogens is 412 g/mol. The number of carbonyl (C=O) groups is 1. The van der Waals surface area contributed by atoms with Crippen molar-refractivity contribution in [1.82, 2.24) is 9.62 Å². The van der Waals surface area contributed by atoms with Crippen molar-refractivity contribution >= 4 is 15.9 Å². The van der Waals surface area contributed by atoms with Gasteiger partial charge in [0.15, 0.2) is 0 Å². The van der Waals surface area contributed by atoms with Crippen molar-refractivity contribution in [2.45, 2.75) is 45.4 Å². The molecule has 168 valence electrons. The predicted octanol–water partition coefficient (Wildman–Crippen LogP) is 3.52. The van der Waals surface area contributed by atoms with Gasteiger partial charge in [-0.25, -0.2) is 8.42 Å². The zero-order valence-corrected chi connectivity index (χ0v) is 19.6. The fourth-order valence-corrected chi connectivity index (χ4v) is 6.10. The summed E-state index contributed by atoms with van der Waals surface area (Å²) in [5.74, 6) is 0.560. The number of sulfonamides is 1. The summed E-state index contributed by atoms with van der Waals surface area (Å²) in [6.45, 7) is 9.15. The normalized spacial score (nSPS) is 15.6. The summed E-state index contributed by atoms with van der Waals surface area (Å²) in [4.78, 5) is 12.9. The van der Waals surface area contributed by atoms with Gasteiger partial charge in [0.2, 0.25) is 15.9 Å². The number of carbonyl (C=O) groups excluding carboxylic acids is 1. The highest BCUT2D eigenvalue weighted by atomic mass is 32.2. The van der Waals surface area contributed by atoms with E-state index in [4.69, 9.17) is 4.74 Å². The average molecular weight is 445 g/mol. The first-order valence-corrected chi connectivity index (χ1v) is 12.2. The highest BCUT2D eigenvalue weighted by Gasteiger charge is 2.34. The van der Waals surface area contributed by atoms with Gasteiger partial charge in [-0.1, -0.05) is 24.3 Å². The van der Waals surface area contributed by atoms with Crippen LogP contribution in [-0.4, -0.2) is 44.9 Å². The number of piperidine rings is 1. The Morgan fingerprint density at radius 3 is 2.19 bits per heavy atom. The molecule has 0 unspecified atom stereocenters. The van der Waals surface area contributed by atoms with Crippen LogP contribution in [0.5, 0.6) is 5.75 Å². The van der Waals surface area contributed by atoms with Crippen LogP contribution in [0.3, 0.4) is 0 Å². The lowest BCUT2D eigenvalue weighted by molar-refractivity contribution is -0.126. The summed E-state index contributed by atoms with van der Waals surface area (Å²) >= 11 is 0. The maximum atomic E-state index is 13.4. The zero-order chi connectivity index (χ0) is 22.6. The van der Waals surface area contributed by atoms with Crippen molar-refractivity contribution in [3.63, 3.8) is 0 Å². The van der Waals surface area contributed by atoms with Crippen molar-refractivity contribution < 1.29 is 17.9 Å². The molecule has 0 spiro atoms. The van der Waals surface area contributed by atoms with Gasteiger partial charge in [0, 0.05) is 19.0 Å². The van der Waals surface area contributed by atoms with Crippen LogP contribution < -0.4 is 10.1 Å². The summed E-state index contributed by atoms with van der Waals surface area (Å²) in [5, 5.41) is 2.91. The standard InChI is InChI=1S/C24H32N2O4S/c1-17-16-18(2)20(4)23(19(17)3)31(28,29)26-13-10-21(11-14-26)24(27)25-12-15-30-22-8-6-5-7-9-22/h5-9,16,21H,10-15H2,1-4H3,(H,25,27). The van der Waals surface area contributed by atoms with Crippen molar-refractivity contribution in [2.24, 2.45) is 5.92 Å². The fourth-order valence-electron chi connectivity index (χ4n) is 4.06. The molecule has 0 aromatic heterocycles. The Kier molecular flexibility index (Phi) is 7.38. The molecule has 1 fully saturated rings. The first-order chi connectivity index (χ1) is 14.7. The third kappa shape index (κ3) is 5.28. The van der Waals surface area contributed by atoms with Crippen LogP contribution in [0.1, 0.15) is 35.1 Å². The molecule has 0 radical (unpaired) electrons. The number of amides is 1. The zero-order valence-electron chi connectivity index (χ0n) is 18.8. The summed E-state index contributed by atoms with van der Waals surface area (Å²) in [6, 6.07) is 11.5. The number of nitrogens with one attached hydrogen (secondary N) is 1. The number of hydrogen-bond donors (Lipinski definition) is 1. The van der Waals surface area contributed by atoms with E-state index in [2.05, 4.69) is 5.32 Å². The second-order valence-electron chi connectivity index (χ2n) is 8.22. The van der Waals surface area contributed by atoms with E-state index in [0.29, 0.717) is 44.0 Å². The van der Waals surface area contributed by atoms with E-state index in [1.54, 1.807) is 0 Å². The minimum atomic E-state index is -3.59. The van der Waals surface area contributed by atoms with Crippen LogP contribution in [0.15, 0.2) is 41.3 Å². The largest absolute Gasteiger partial charge is 0.492 e. The van der Waals surface area contributed by atoms with E-state index in [9.17, 15) is 13.2 Å². The molecule has 1 saturated heterocycles. The van der Waals surface area contributed by atoms with Crippen LogP contribution in [0.4, 0.5) is 0 Å². The Morgan fingerprint density at radius 1 is 1.03 bits per heavy atom. The van der Waals surface area contributed by atoms with Crippen molar-refractivity contribution in [1.29, 1.82) is 0 Å². The monoisotopic (exact) mass is 444 g/mol. The summed E-state index contributed by atoms with van der Waals surface area (Å²) in [6.07, 6.45) is 1.04. The molecule has 1 amide bonds. The van der Waals surface area contributed by atoms with Crippen LogP contribution in [-0.2, 0) is 14.8 Å². The van der Waals surface area contributed by atoms with Gasteiger partial charge < -0.3 is 10.1 Å². The molecule has 7 heteroatoms. The minimum absolute atomic E-state index is 0.0347. The Balaban J connectivity index is 1.55. The molecule has 1 aliphatic heterocycles. The Morgan fingerprint density at radius 2 is 1.61 bits per heavy atom. The molecule has 6 nitrogen and oxygen atoms in total. The number of rotatable bonds is 7. The molecule has 31 heavy (non-hydrogen) atoms. The minimum Gasteiger partial charge on any atom is -0.492 e. The third-order valence-corrected chi connectivity index (χ3v) is 8.31. The Labute approximate surface area is 185 Å². The quantitative estimate of drug-likeness (QED) is 0.663. The molecule has 1 N–H and O–H groups in total. The Bertz CT molecular complexity index is 1000. The molecule has 0 bridgehead atoms. The highest BCUT2D eigenvalue weighted by molar-refractivity contribution is 7.89. The SMILES string of the molecule is Cc1cc(C)c(C)c(S(=O)(=O)N2CCC(C(=O)NCCOc3ccccc3)CC2)c1C. The van der Waals surface area contributed by atoms with E-state index in [0.717, 1.165) is 28.0 Å². The fraction of sp³-hybridized carbons (Fsp3) is 0.458. The van der Waals surface area contributed by atoms with Crippen molar-refractivity contribution in [3.8, 4) is 5.75 Å². The molecule has 2 aromatic carbocycles. The van der Waals surface area contributed by atoms with E-state index < -0.39 is 10.0 Å². The van der Waals surface area contributed by atoms with E-state index >= 15 is 0 Å². The number of benzene rings is 2. The summed E-state index contributed by atoms with van der Waals surface area (Å²) in [5.41, 5.74) is 3.57. The molecule has 0 aliphatic carbocycles. The van der Waals surface area contributed by atoms with Gasteiger partial charge in [-0.2, -0.15) is 4.31 Å². The van der Waals surface area contributed by atoms with Gasteiger partial charge in [-0.3, -0.25) is 4.79 Å². The van der Waals surface area contributed by atoms with Gasteiger partial charge in [-0.15, -0.1) is 0 Å². The molecule has 2 aromatic rings. The maximum absolute atomic E-state index is 13.4. The lowest BCUT2D eigenvalue weighted by Crippen LogP contribution is -2.43. The predicted molar refractivity (Wildman–Crippen MR) is 122 cm³/mol. The number of ether oxygens (including phenoxy) is 1. The molecule has 1 heterocycles. The molecular formula is C24H32N2O4S. The highest BCUT2D eigenvalue weighted by Crippen LogP contribution is 2.31. The molecule has 1 aliphatic rings. The summed E-state index contributed by atoms with van der Waals surface area (Å²) < 4.78 is 33.9. The number of aryl methyl sites for hydroxylation is 2. The van der Waals surface area contributed by atoms with E-state index in [1.165, 1.54) is 4.31 Å².